The smallest absolute Gasteiger partial charge is 0.300 e. The van der Waals surface area contributed by atoms with Gasteiger partial charge in [0, 0.05) is 26.8 Å². The first kappa shape index (κ1) is 15.7. The second-order valence-corrected chi connectivity index (χ2v) is 5.49. The van der Waals surface area contributed by atoms with Crippen molar-refractivity contribution >= 4 is 23.2 Å². The number of carbonyl (C=O) groups is 1. The Morgan fingerprint density at radius 1 is 1.48 bits per heavy atom. The number of nitro benzene ring substituents is 1. The zero-order valence-electron chi connectivity index (χ0n) is 11.8. The lowest BCUT2D eigenvalue weighted by molar-refractivity contribution is -0.385. The van der Waals surface area contributed by atoms with Crippen molar-refractivity contribution in [2.45, 2.75) is 12.8 Å². The molecule has 1 amide bonds. The molecule has 0 unspecified atom stereocenters. The molecule has 7 heteroatoms. The van der Waals surface area contributed by atoms with Crippen LogP contribution in [0.15, 0.2) is 18.2 Å². The Morgan fingerprint density at radius 2 is 2.14 bits per heavy atom. The lowest BCUT2D eigenvalue weighted by Gasteiger charge is -2.31. The molecular weight excluding hydrogens is 296 g/mol. The fourth-order valence-corrected chi connectivity index (χ4v) is 2.83. The molecule has 0 saturated carbocycles. The number of halogens is 1. The number of piperidine rings is 1. The molecule has 1 aromatic carbocycles. The number of hydrogen-bond donors (Lipinski definition) is 0. The second kappa shape index (κ2) is 6.87. The molecule has 21 heavy (non-hydrogen) atoms. The summed E-state index contributed by atoms with van der Waals surface area (Å²) >= 11 is 5.84. The molecule has 0 bridgehead atoms. The van der Waals surface area contributed by atoms with Crippen molar-refractivity contribution in [3.05, 3.63) is 38.9 Å². The van der Waals surface area contributed by atoms with Crippen molar-refractivity contribution in [3.8, 4) is 0 Å². The number of amides is 1. The molecule has 1 heterocycles. The molecule has 0 N–H and O–H groups in total. The van der Waals surface area contributed by atoms with Crippen LogP contribution < -0.4 is 0 Å². The van der Waals surface area contributed by atoms with Gasteiger partial charge in [0.25, 0.3) is 5.91 Å². The van der Waals surface area contributed by atoms with E-state index in [0.717, 1.165) is 12.8 Å². The van der Waals surface area contributed by atoms with Gasteiger partial charge in [0.15, 0.2) is 0 Å². The summed E-state index contributed by atoms with van der Waals surface area (Å²) in [6.45, 7) is 1.84. The Kier molecular flexibility index (Phi) is 5.14. The summed E-state index contributed by atoms with van der Waals surface area (Å²) in [6, 6.07) is 4.43. The fourth-order valence-electron chi connectivity index (χ4n) is 2.58. The number of hydrogen-bond acceptors (Lipinski definition) is 4. The SMILES string of the molecule is COCC1CCN(C(=O)c2cccc(Cl)c2[N+](=O)[O-])CC1. The van der Waals surface area contributed by atoms with Gasteiger partial charge in [-0.15, -0.1) is 0 Å². The van der Waals surface area contributed by atoms with E-state index < -0.39 is 4.92 Å². The van der Waals surface area contributed by atoms with E-state index in [4.69, 9.17) is 16.3 Å². The van der Waals surface area contributed by atoms with Crippen LogP contribution in [0.2, 0.25) is 5.02 Å². The maximum Gasteiger partial charge on any atom is 0.300 e. The monoisotopic (exact) mass is 312 g/mol. The fraction of sp³-hybridized carbons (Fsp3) is 0.500. The summed E-state index contributed by atoms with van der Waals surface area (Å²) in [5, 5.41) is 11.1. The third kappa shape index (κ3) is 3.51. The Balaban J connectivity index is 2.15. The van der Waals surface area contributed by atoms with Gasteiger partial charge in [-0.3, -0.25) is 14.9 Å². The van der Waals surface area contributed by atoms with Gasteiger partial charge in [-0.2, -0.15) is 0 Å². The maximum atomic E-state index is 12.5. The van der Waals surface area contributed by atoms with Crippen LogP contribution >= 0.6 is 11.6 Å². The van der Waals surface area contributed by atoms with Crippen molar-refractivity contribution < 1.29 is 14.5 Å². The first-order valence-corrected chi connectivity index (χ1v) is 7.13. The number of methoxy groups -OCH3 is 1. The number of para-hydroxylation sites is 1. The standard InChI is InChI=1S/C14H17ClN2O4/c1-21-9-10-5-7-16(8-6-10)14(18)11-3-2-4-12(15)13(11)17(19)20/h2-4,10H,5-9H2,1H3. The molecule has 0 atom stereocenters. The van der Waals surface area contributed by atoms with Gasteiger partial charge in [0.05, 0.1) is 4.92 Å². The zero-order chi connectivity index (χ0) is 15.4. The third-order valence-electron chi connectivity index (χ3n) is 3.70. The quantitative estimate of drug-likeness (QED) is 0.633. The number of nitrogens with zero attached hydrogens (tertiary/aromatic N) is 2. The number of ether oxygens (including phenoxy) is 1. The van der Waals surface area contributed by atoms with Gasteiger partial charge in [-0.1, -0.05) is 17.7 Å². The van der Waals surface area contributed by atoms with Crippen molar-refractivity contribution in [2.24, 2.45) is 5.92 Å². The van der Waals surface area contributed by atoms with Crippen molar-refractivity contribution in [2.75, 3.05) is 26.8 Å². The predicted octanol–water partition coefficient (Wildman–Crippen LogP) is 2.75. The summed E-state index contributed by atoms with van der Waals surface area (Å²) in [5.41, 5.74) is -0.263. The first-order chi connectivity index (χ1) is 10.0. The second-order valence-electron chi connectivity index (χ2n) is 5.08. The molecule has 1 aliphatic heterocycles. The minimum Gasteiger partial charge on any atom is -0.384 e. The highest BCUT2D eigenvalue weighted by molar-refractivity contribution is 6.33. The van der Waals surface area contributed by atoms with E-state index in [9.17, 15) is 14.9 Å². The molecule has 1 fully saturated rings. The lowest BCUT2D eigenvalue weighted by atomic mass is 9.97. The number of rotatable bonds is 4. The summed E-state index contributed by atoms with van der Waals surface area (Å²) in [7, 11) is 1.66. The maximum absolute atomic E-state index is 12.5. The molecule has 0 aliphatic carbocycles. The topological polar surface area (TPSA) is 72.7 Å². The minimum atomic E-state index is -0.604. The molecule has 1 aliphatic rings. The lowest BCUT2D eigenvalue weighted by Crippen LogP contribution is -2.39. The summed E-state index contributed by atoms with van der Waals surface area (Å²) < 4.78 is 5.12. The largest absolute Gasteiger partial charge is 0.384 e. The van der Waals surface area contributed by atoms with Crippen LogP contribution in [0, 0.1) is 16.0 Å². The van der Waals surface area contributed by atoms with Crippen LogP contribution in [0.5, 0.6) is 0 Å². The van der Waals surface area contributed by atoms with Crippen LogP contribution in [-0.4, -0.2) is 42.5 Å². The average Bonchev–Trinajstić information content (AvgIpc) is 2.47. The Bertz CT molecular complexity index is 542. The van der Waals surface area contributed by atoms with Crippen LogP contribution in [0.3, 0.4) is 0 Å². The van der Waals surface area contributed by atoms with E-state index in [0.29, 0.717) is 25.6 Å². The zero-order valence-corrected chi connectivity index (χ0v) is 12.5. The van der Waals surface area contributed by atoms with Crippen LogP contribution in [-0.2, 0) is 4.74 Å². The molecule has 0 radical (unpaired) electrons. The Hall–Kier alpha value is -1.66. The van der Waals surface area contributed by atoms with E-state index in [1.807, 2.05) is 0 Å². The molecule has 0 aromatic heterocycles. The van der Waals surface area contributed by atoms with Gasteiger partial charge >= 0.3 is 5.69 Å². The highest BCUT2D eigenvalue weighted by Crippen LogP contribution is 2.30. The van der Waals surface area contributed by atoms with E-state index >= 15 is 0 Å². The molecular formula is C14H17ClN2O4. The molecule has 1 aromatic rings. The van der Waals surface area contributed by atoms with Gasteiger partial charge < -0.3 is 9.64 Å². The normalized spacial score (nSPS) is 16.0. The van der Waals surface area contributed by atoms with Gasteiger partial charge in [-0.25, -0.2) is 0 Å². The third-order valence-corrected chi connectivity index (χ3v) is 4.01. The average molecular weight is 313 g/mol. The summed E-state index contributed by atoms with van der Waals surface area (Å²) in [4.78, 5) is 24.6. The summed E-state index contributed by atoms with van der Waals surface area (Å²) in [5.74, 6) is 0.105. The van der Waals surface area contributed by atoms with Crippen LogP contribution in [0.1, 0.15) is 23.2 Å². The van der Waals surface area contributed by atoms with Crippen molar-refractivity contribution in [3.63, 3.8) is 0 Å². The first-order valence-electron chi connectivity index (χ1n) is 6.75. The van der Waals surface area contributed by atoms with Gasteiger partial charge in [0.1, 0.15) is 10.6 Å². The predicted molar refractivity (Wildman–Crippen MR) is 78.6 cm³/mol. The number of benzene rings is 1. The van der Waals surface area contributed by atoms with Crippen LogP contribution in [0.4, 0.5) is 5.69 Å². The van der Waals surface area contributed by atoms with E-state index in [1.54, 1.807) is 18.1 Å². The highest BCUT2D eigenvalue weighted by Gasteiger charge is 2.29. The summed E-state index contributed by atoms with van der Waals surface area (Å²) in [6.07, 6.45) is 1.68. The molecule has 6 nitrogen and oxygen atoms in total. The molecule has 0 spiro atoms. The molecule has 1 saturated heterocycles. The van der Waals surface area contributed by atoms with Crippen molar-refractivity contribution in [1.29, 1.82) is 0 Å². The van der Waals surface area contributed by atoms with Gasteiger partial charge in [0.2, 0.25) is 0 Å². The molecule has 114 valence electrons. The Morgan fingerprint density at radius 3 is 2.71 bits per heavy atom. The van der Waals surface area contributed by atoms with E-state index in [1.165, 1.54) is 12.1 Å². The van der Waals surface area contributed by atoms with Crippen LogP contribution in [0.25, 0.3) is 0 Å². The number of nitro groups is 1. The van der Waals surface area contributed by atoms with E-state index in [-0.39, 0.29) is 22.2 Å². The number of likely N-dealkylation sites (tertiary alicyclic amines) is 1. The van der Waals surface area contributed by atoms with E-state index in [2.05, 4.69) is 0 Å². The van der Waals surface area contributed by atoms with Crippen molar-refractivity contribution in [1.82, 2.24) is 4.90 Å². The number of carbonyl (C=O) groups excluding carboxylic acids is 1. The minimum absolute atomic E-state index is 0.0138. The Labute approximate surface area is 127 Å². The highest BCUT2D eigenvalue weighted by atomic mass is 35.5. The van der Waals surface area contributed by atoms with Gasteiger partial charge in [-0.05, 0) is 30.9 Å². The molecule has 2 rings (SSSR count).